The molecule has 0 spiro atoms. The van der Waals surface area contributed by atoms with Gasteiger partial charge in [-0.25, -0.2) is 4.39 Å². The molecule has 4 heteroatoms. The molecule has 0 radical (unpaired) electrons. The van der Waals surface area contributed by atoms with Crippen LogP contribution in [-0.2, 0) is 19.4 Å². The Kier molecular flexibility index (Phi) is 5.82. The van der Waals surface area contributed by atoms with E-state index in [1.807, 2.05) is 30.3 Å². The third kappa shape index (κ3) is 4.47. The predicted molar refractivity (Wildman–Crippen MR) is 130 cm³/mol. The highest BCUT2D eigenvalue weighted by Gasteiger charge is 2.23. The molecular weight excluding hydrogens is 411 g/mol. The van der Waals surface area contributed by atoms with Crippen LogP contribution in [0.4, 0.5) is 4.39 Å². The quantitative estimate of drug-likeness (QED) is 0.388. The van der Waals surface area contributed by atoms with Crippen LogP contribution in [0.5, 0.6) is 0 Å². The Morgan fingerprint density at radius 1 is 1.00 bits per heavy atom. The number of aromatic nitrogens is 1. The molecule has 0 fully saturated rings. The van der Waals surface area contributed by atoms with Crippen LogP contribution in [0.15, 0.2) is 84.9 Å². The molecule has 3 aromatic carbocycles. The van der Waals surface area contributed by atoms with Gasteiger partial charge >= 0.3 is 0 Å². The molecule has 0 saturated carbocycles. The molecule has 1 N–H and O–H groups in total. The highest BCUT2D eigenvalue weighted by atomic mass is 19.1. The summed E-state index contributed by atoms with van der Waals surface area (Å²) in [5.74, 6) is 0.277. The molecule has 3 nitrogen and oxygen atoms in total. The maximum atomic E-state index is 13.1. The zero-order valence-electron chi connectivity index (χ0n) is 18.7. The molecule has 0 unspecified atom stereocenters. The van der Waals surface area contributed by atoms with E-state index in [0.717, 1.165) is 24.1 Å². The Bertz CT molecular complexity index is 1260. The van der Waals surface area contributed by atoms with Crippen molar-refractivity contribution < 1.29 is 9.18 Å². The van der Waals surface area contributed by atoms with Crippen molar-refractivity contribution in [3.05, 3.63) is 113 Å². The fourth-order valence-corrected chi connectivity index (χ4v) is 4.68. The average molecular weight is 439 g/mol. The van der Waals surface area contributed by atoms with Crippen molar-refractivity contribution in [1.82, 2.24) is 9.88 Å². The number of hydrogen-bond acceptors (Lipinski definition) is 1. The average Bonchev–Trinajstić information content (AvgIpc) is 3.22. The van der Waals surface area contributed by atoms with Crippen LogP contribution < -0.4 is 5.32 Å². The van der Waals surface area contributed by atoms with Crippen LogP contribution >= 0.6 is 0 Å². The maximum absolute atomic E-state index is 13.1. The fraction of sp³-hybridized carbons (Fsp3) is 0.207. The van der Waals surface area contributed by atoms with Gasteiger partial charge < -0.3 is 9.88 Å². The molecule has 33 heavy (non-hydrogen) atoms. The number of nitrogens with one attached hydrogen (secondary N) is 1. The third-order valence-electron chi connectivity index (χ3n) is 6.46. The molecule has 1 atom stereocenters. The smallest absolute Gasteiger partial charge is 0.251 e. The number of nitrogens with zero attached hydrogens (tertiary/aromatic N) is 1. The molecule has 4 aromatic rings. The van der Waals surface area contributed by atoms with E-state index >= 15 is 0 Å². The van der Waals surface area contributed by atoms with Gasteiger partial charge in [0, 0.05) is 23.5 Å². The van der Waals surface area contributed by atoms with Crippen molar-refractivity contribution in [3.8, 4) is 16.9 Å². The lowest BCUT2D eigenvalue weighted by molar-refractivity contribution is 0.0951. The molecule has 0 saturated heterocycles. The minimum Gasteiger partial charge on any atom is -0.348 e. The van der Waals surface area contributed by atoms with E-state index in [1.54, 1.807) is 12.1 Å². The first-order valence-electron chi connectivity index (χ1n) is 11.5. The molecule has 1 aliphatic rings. The number of carbonyl (C=O) groups excluding carboxylic acids is 1. The van der Waals surface area contributed by atoms with E-state index in [1.165, 1.54) is 41.1 Å². The van der Waals surface area contributed by atoms with E-state index in [-0.39, 0.29) is 11.7 Å². The molecule has 1 amide bonds. The molecule has 166 valence electrons. The van der Waals surface area contributed by atoms with E-state index in [0.29, 0.717) is 18.0 Å². The lowest BCUT2D eigenvalue weighted by Crippen LogP contribution is -2.22. The molecule has 1 aromatic heterocycles. The lowest BCUT2D eigenvalue weighted by Gasteiger charge is -2.21. The van der Waals surface area contributed by atoms with E-state index < -0.39 is 0 Å². The maximum Gasteiger partial charge on any atom is 0.251 e. The number of rotatable bonds is 5. The van der Waals surface area contributed by atoms with Crippen molar-refractivity contribution >= 4 is 5.91 Å². The lowest BCUT2D eigenvalue weighted by atomic mass is 9.89. The Labute approximate surface area is 193 Å². The summed E-state index contributed by atoms with van der Waals surface area (Å²) in [6, 6.07) is 26.8. The zero-order valence-corrected chi connectivity index (χ0v) is 18.7. The standard InChI is InChI=1S/C29H27FN2O/c1-20-7-16-27-24(17-20)18-28(22-5-3-2-4-6-22)32(27)26-14-10-23(11-15-26)29(33)31-19-21-8-12-25(30)13-9-21/h2-6,8-15,18,20H,7,16-17,19H2,1H3,(H,31,33)/t20-/m1/s1. The number of hydrogen-bond donors (Lipinski definition) is 1. The molecule has 1 heterocycles. The monoisotopic (exact) mass is 438 g/mol. The predicted octanol–water partition coefficient (Wildman–Crippen LogP) is 6.34. The van der Waals surface area contributed by atoms with E-state index in [4.69, 9.17) is 0 Å². The van der Waals surface area contributed by atoms with Gasteiger partial charge in [0.1, 0.15) is 5.82 Å². The second-order valence-electron chi connectivity index (χ2n) is 8.91. The zero-order chi connectivity index (χ0) is 22.8. The highest BCUT2D eigenvalue weighted by molar-refractivity contribution is 5.94. The number of halogens is 1. The second kappa shape index (κ2) is 9.07. The number of amides is 1. The summed E-state index contributed by atoms with van der Waals surface area (Å²) in [7, 11) is 0. The van der Waals surface area contributed by atoms with Gasteiger partial charge in [-0.3, -0.25) is 4.79 Å². The number of fused-ring (bicyclic) bond motifs is 1. The summed E-state index contributed by atoms with van der Waals surface area (Å²) in [4.78, 5) is 12.6. The Hall–Kier alpha value is -3.66. The second-order valence-corrected chi connectivity index (χ2v) is 8.91. The molecule has 0 bridgehead atoms. The summed E-state index contributed by atoms with van der Waals surface area (Å²) in [5, 5.41) is 2.91. The van der Waals surface area contributed by atoms with E-state index in [2.05, 4.69) is 47.1 Å². The van der Waals surface area contributed by atoms with Gasteiger partial charge in [0.15, 0.2) is 0 Å². The van der Waals surface area contributed by atoms with Crippen molar-refractivity contribution in [2.75, 3.05) is 0 Å². The van der Waals surface area contributed by atoms with Crippen LogP contribution in [-0.4, -0.2) is 10.5 Å². The van der Waals surface area contributed by atoms with Gasteiger partial charge in [-0.05, 0) is 84.3 Å². The molecular formula is C29H27FN2O. The summed E-state index contributed by atoms with van der Waals surface area (Å²) in [6.45, 7) is 2.68. The summed E-state index contributed by atoms with van der Waals surface area (Å²) in [5.41, 5.74) is 7.73. The normalized spacial score (nSPS) is 15.2. The van der Waals surface area contributed by atoms with E-state index in [9.17, 15) is 9.18 Å². The summed E-state index contributed by atoms with van der Waals surface area (Å²) >= 11 is 0. The van der Waals surface area contributed by atoms with Crippen LogP contribution in [0, 0.1) is 11.7 Å². The van der Waals surface area contributed by atoms with Crippen molar-refractivity contribution in [2.45, 2.75) is 32.7 Å². The van der Waals surface area contributed by atoms with Gasteiger partial charge in [0.25, 0.3) is 5.91 Å². The van der Waals surface area contributed by atoms with Crippen molar-refractivity contribution in [2.24, 2.45) is 5.92 Å². The minimum atomic E-state index is -0.280. The van der Waals surface area contributed by atoms with Gasteiger partial charge in [-0.2, -0.15) is 0 Å². The Balaban J connectivity index is 1.42. The van der Waals surface area contributed by atoms with Crippen LogP contribution in [0.25, 0.3) is 16.9 Å². The SMILES string of the molecule is C[C@@H]1CCc2c(cc(-c3ccccc3)n2-c2ccc(C(=O)NCc3ccc(F)cc3)cc2)C1. The van der Waals surface area contributed by atoms with Gasteiger partial charge in [0.05, 0.1) is 5.69 Å². The Morgan fingerprint density at radius 3 is 2.45 bits per heavy atom. The van der Waals surface area contributed by atoms with Crippen LogP contribution in [0.1, 0.15) is 40.5 Å². The topological polar surface area (TPSA) is 34.0 Å². The van der Waals surface area contributed by atoms with Crippen molar-refractivity contribution in [1.29, 1.82) is 0 Å². The first-order chi connectivity index (χ1) is 16.1. The van der Waals surface area contributed by atoms with Gasteiger partial charge in [-0.1, -0.05) is 49.4 Å². The Morgan fingerprint density at radius 2 is 1.73 bits per heavy atom. The third-order valence-corrected chi connectivity index (χ3v) is 6.46. The summed E-state index contributed by atoms with van der Waals surface area (Å²) < 4.78 is 15.4. The molecule has 1 aliphatic carbocycles. The van der Waals surface area contributed by atoms with Crippen LogP contribution in [0.2, 0.25) is 0 Å². The number of benzene rings is 3. The van der Waals surface area contributed by atoms with Crippen LogP contribution in [0.3, 0.4) is 0 Å². The largest absolute Gasteiger partial charge is 0.348 e. The number of carbonyl (C=O) groups is 1. The molecule has 5 rings (SSSR count). The fourth-order valence-electron chi connectivity index (χ4n) is 4.68. The minimum absolute atomic E-state index is 0.141. The first-order valence-corrected chi connectivity index (χ1v) is 11.5. The van der Waals surface area contributed by atoms with Gasteiger partial charge in [-0.15, -0.1) is 0 Å². The summed E-state index contributed by atoms with van der Waals surface area (Å²) in [6.07, 6.45) is 3.35. The highest BCUT2D eigenvalue weighted by Crippen LogP contribution is 2.35. The first kappa shape index (κ1) is 21.2. The molecule has 0 aliphatic heterocycles. The van der Waals surface area contributed by atoms with Gasteiger partial charge in [0.2, 0.25) is 0 Å². The van der Waals surface area contributed by atoms with Crippen molar-refractivity contribution in [3.63, 3.8) is 0 Å².